The minimum atomic E-state index is -0.297. The molecule has 22 heavy (non-hydrogen) atoms. The quantitative estimate of drug-likeness (QED) is 0.485. The van der Waals surface area contributed by atoms with Crippen LogP contribution in [0.3, 0.4) is 0 Å². The number of hydrogen-bond donors (Lipinski definition) is 1. The van der Waals surface area contributed by atoms with Gasteiger partial charge in [0, 0.05) is 12.8 Å². The van der Waals surface area contributed by atoms with Crippen LogP contribution in [0.25, 0.3) is 0 Å². The molecule has 0 aliphatic carbocycles. The molecule has 2 rings (SSSR count). The Morgan fingerprint density at radius 3 is 2.18 bits per heavy atom. The van der Waals surface area contributed by atoms with Crippen molar-refractivity contribution in [3.63, 3.8) is 0 Å². The Kier molecular flexibility index (Phi) is 5.72. The summed E-state index contributed by atoms with van der Waals surface area (Å²) in [6.07, 6.45) is 2.91. The molecule has 114 valence electrons. The molecular weight excluding hydrogens is 280 g/mol. The Morgan fingerprint density at radius 1 is 0.955 bits per heavy atom. The van der Waals surface area contributed by atoms with E-state index in [4.69, 9.17) is 4.74 Å². The lowest BCUT2D eigenvalue weighted by atomic mass is 10.1. The summed E-state index contributed by atoms with van der Waals surface area (Å²) < 4.78 is 5.26. The molecule has 4 heteroatoms. The van der Waals surface area contributed by atoms with Crippen LogP contribution in [0.15, 0.2) is 48.5 Å². The Morgan fingerprint density at radius 2 is 1.55 bits per heavy atom. The Bertz CT molecular complexity index is 615. The van der Waals surface area contributed by atoms with E-state index >= 15 is 0 Å². The monoisotopic (exact) mass is 298 g/mol. The van der Waals surface area contributed by atoms with Crippen molar-refractivity contribution in [1.29, 1.82) is 0 Å². The topological polar surface area (TPSA) is 63.6 Å². The van der Waals surface area contributed by atoms with E-state index in [-0.39, 0.29) is 18.1 Å². The first-order valence-electron chi connectivity index (χ1n) is 7.18. The summed E-state index contributed by atoms with van der Waals surface area (Å²) in [5.41, 5.74) is 2.01. The molecule has 0 aliphatic heterocycles. The van der Waals surface area contributed by atoms with Gasteiger partial charge >= 0.3 is 5.97 Å². The van der Waals surface area contributed by atoms with Crippen LogP contribution in [0, 0.1) is 0 Å². The molecule has 0 saturated carbocycles. The van der Waals surface area contributed by atoms with Crippen LogP contribution in [-0.4, -0.2) is 17.4 Å². The van der Waals surface area contributed by atoms with Gasteiger partial charge in [-0.2, -0.15) is 0 Å². The van der Waals surface area contributed by atoms with Gasteiger partial charge in [0.1, 0.15) is 17.8 Å². The van der Waals surface area contributed by atoms with Gasteiger partial charge in [-0.05, 0) is 48.2 Å². The molecule has 0 aromatic heterocycles. The van der Waals surface area contributed by atoms with Gasteiger partial charge in [-0.25, -0.2) is 0 Å². The van der Waals surface area contributed by atoms with Gasteiger partial charge in [-0.1, -0.05) is 24.3 Å². The number of esters is 1. The second kappa shape index (κ2) is 7.98. The molecule has 0 fully saturated rings. The normalized spacial score (nSPS) is 10.2. The Balaban J connectivity index is 1.81. The van der Waals surface area contributed by atoms with Gasteiger partial charge in [0.25, 0.3) is 0 Å². The summed E-state index contributed by atoms with van der Waals surface area (Å²) in [7, 11) is 0. The van der Waals surface area contributed by atoms with E-state index in [1.165, 1.54) is 0 Å². The van der Waals surface area contributed by atoms with Crippen molar-refractivity contribution in [1.82, 2.24) is 0 Å². The maximum atomic E-state index is 11.8. The van der Waals surface area contributed by atoms with Crippen molar-refractivity contribution in [2.24, 2.45) is 0 Å². The molecule has 0 amide bonds. The lowest BCUT2D eigenvalue weighted by molar-refractivity contribution is -0.134. The summed E-state index contributed by atoms with van der Waals surface area (Å²) in [6.45, 7) is 0. The number of rotatable bonds is 7. The third-order valence-electron chi connectivity index (χ3n) is 3.26. The summed E-state index contributed by atoms with van der Waals surface area (Å²) in [5, 5.41) is 9.19. The number of aromatic hydroxyl groups is 1. The largest absolute Gasteiger partial charge is 0.508 e. The van der Waals surface area contributed by atoms with Crippen molar-refractivity contribution < 1.29 is 19.4 Å². The highest BCUT2D eigenvalue weighted by Crippen LogP contribution is 2.15. The first kappa shape index (κ1) is 15.8. The van der Waals surface area contributed by atoms with E-state index in [0.717, 1.165) is 17.4 Å². The van der Waals surface area contributed by atoms with Crippen molar-refractivity contribution in [3.8, 4) is 11.5 Å². The zero-order chi connectivity index (χ0) is 15.8. The molecule has 0 atom stereocenters. The van der Waals surface area contributed by atoms with E-state index in [1.54, 1.807) is 36.4 Å². The number of hydrogen-bond acceptors (Lipinski definition) is 4. The van der Waals surface area contributed by atoms with Crippen molar-refractivity contribution >= 4 is 12.3 Å². The van der Waals surface area contributed by atoms with E-state index in [2.05, 4.69) is 0 Å². The maximum absolute atomic E-state index is 11.8. The van der Waals surface area contributed by atoms with Crippen molar-refractivity contribution in [2.75, 3.05) is 0 Å². The van der Waals surface area contributed by atoms with E-state index in [9.17, 15) is 14.7 Å². The van der Waals surface area contributed by atoms with E-state index in [0.29, 0.717) is 25.0 Å². The molecule has 2 aromatic carbocycles. The zero-order valence-electron chi connectivity index (χ0n) is 12.2. The Hall–Kier alpha value is -2.62. The predicted molar refractivity (Wildman–Crippen MR) is 82.9 cm³/mol. The highest BCUT2D eigenvalue weighted by molar-refractivity contribution is 5.72. The number of carbonyl (C=O) groups is 2. The molecule has 4 nitrogen and oxygen atoms in total. The van der Waals surface area contributed by atoms with Gasteiger partial charge in [0.2, 0.25) is 0 Å². The van der Waals surface area contributed by atoms with Crippen molar-refractivity contribution in [2.45, 2.75) is 25.7 Å². The van der Waals surface area contributed by atoms with Crippen LogP contribution in [0.2, 0.25) is 0 Å². The Labute approximate surface area is 129 Å². The van der Waals surface area contributed by atoms with E-state index < -0.39 is 0 Å². The summed E-state index contributed by atoms with van der Waals surface area (Å²) in [4.78, 5) is 22.1. The second-order valence-electron chi connectivity index (χ2n) is 4.99. The summed E-state index contributed by atoms with van der Waals surface area (Å²) in [5.74, 6) is 0.417. The van der Waals surface area contributed by atoms with Crippen LogP contribution in [-0.2, 0) is 22.4 Å². The highest BCUT2D eigenvalue weighted by atomic mass is 16.5. The maximum Gasteiger partial charge on any atom is 0.311 e. The molecule has 0 aliphatic rings. The molecule has 0 bridgehead atoms. The minimum absolute atomic E-state index is 0.209. The zero-order valence-corrected chi connectivity index (χ0v) is 12.2. The molecule has 0 heterocycles. The van der Waals surface area contributed by atoms with Gasteiger partial charge in [-0.3, -0.25) is 4.79 Å². The standard InChI is InChI=1S/C18H18O4/c19-13-1-2-14-5-10-17(11-6-14)22-18(21)12-7-15-3-8-16(20)9-4-15/h3-6,8-11,13,20H,1-2,7,12H2. The van der Waals surface area contributed by atoms with Crippen molar-refractivity contribution in [3.05, 3.63) is 59.7 Å². The lowest BCUT2D eigenvalue weighted by Gasteiger charge is -2.06. The molecule has 0 radical (unpaired) electrons. The predicted octanol–water partition coefficient (Wildman–Crippen LogP) is 3.06. The average Bonchev–Trinajstić information content (AvgIpc) is 2.54. The van der Waals surface area contributed by atoms with Gasteiger partial charge in [-0.15, -0.1) is 0 Å². The lowest BCUT2D eigenvalue weighted by Crippen LogP contribution is -2.09. The second-order valence-corrected chi connectivity index (χ2v) is 4.99. The minimum Gasteiger partial charge on any atom is -0.508 e. The van der Waals surface area contributed by atoms with Crippen LogP contribution >= 0.6 is 0 Å². The van der Waals surface area contributed by atoms with Crippen LogP contribution < -0.4 is 4.74 Å². The fraction of sp³-hybridized carbons (Fsp3) is 0.222. The number of carbonyl (C=O) groups excluding carboxylic acids is 2. The van der Waals surface area contributed by atoms with Crippen LogP contribution in [0.5, 0.6) is 11.5 Å². The van der Waals surface area contributed by atoms with Crippen LogP contribution in [0.4, 0.5) is 0 Å². The summed E-state index contributed by atoms with van der Waals surface area (Å²) >= 11 is 0. The number of aldehydes is 1. The molecule has 1 N–H and O–H groups in total. The first-order chi connectivity index (χ1) is 10.7. The number of aryl methyl sites for hydroxylation is 2. The first-order valence-corrected chi connectivity index (χ1v) is 7.18. The third kappa shape index (κ3) is 5.05. The van der Waals surface area contributed by atoms with Gasteiger partial charge in [0.05, 0.1) is 0 Å². The average molecular weight is 298 g/mol. The van der Waals surface area contributed by atoms with Gasteiger partial charge < -0.3 is 14.6 Å². The number of ether oxygens (including phenoxy) is 1. The molecule has 0 spiro atoms. The fourth-order valence-corrected chi connectivity index (χ4v) is 2.04. The molecule has 0 saturated heterocycles. The van der Waals surface area contributed by atoms with Crippen LogP contribution in [0.1, 0.15) is 24.0 Å². The highest BCUT2D eigenvalue weighted by Gasteiger charge is 2.06. The number of phenols is 1. The smallest absolute Gasteiger partial charge is 0.311 e. The number of benzene rings is 2. The third-order valence-corrected chi connectivity index (χ3v) is 3.26. The SMILES string of the molecule is O=CCCc1ccc(OC(=O)CCc2ccc(O)cc2)cc1. The fourth-order valence-electron chi connectivity index (χ4n) is 2.04. The molecule has 2 aromatic rings. The number of phenolic OH excluding ortho intramolecular Hbond substituents is 1. The molecular formula is C18H18O4. The van der Waals surface area contributed by atoms with Gasteiger partial charge in [0.15, 0.2) is 0 Å². The van der Waals surface area contributed by atoms with E-state index in [1.807, 2.05) is 12.1 Å². The molecule has 0 unspecified atom stereocenters. The summed E-state index contributed by atoms with van der Waals surface area (Å²) in [6, 6.07) is 13.9.